The quantitative estimate of drug-likeness (QED) is 0.593. The summed E-state index contributed by atoms with van der Waals surface area (Å²) in [5.74, 6) is -0.719. The van der Waals surface area contributed by atoms with Crippen LogP contribution in [-0.2, 0) is 13.9 Å². The van der Waals surface area contributed by atoms with Crippen LogP contribution in [0.5, 0.6) is 0 Å². The molecule has 1 rings (SSSR count). The van der Waals surface area contributed by atoms with Gasteiger partial charge in [-0.15, -0.1) is 6.58 Å². The lowest BCUT2D eigenvalue weighted by Gasteiger charge is -2.40. The Bertz CT molecular complexity index is 387. The molecule has 1 aliphatic heterocycles. The molecule has 0 radical (unpaired) electrons. The number of ether oxygens (including phenoxy) is 2. The van der Waals surface area contributed by atoms with E-state index in [0.29, 0.717) is 6.42 Å². The predicted molar refractivity (Wildman–Crippen MR) is 92.4 cm³/mol. The highest BCUT2D eigenvalue weighted by molar-refractivity contribution is 6.74. The van der Waals surface area contributed by atoms with Gasteiger partial charge in [0.25, 0.3) is 0 Å². The summed E-state index contributed by atoms with van der Waals surface area (Å²) < 4.78 is 18.4. The van der Waals surface area contributed by atoms with Crippen molar-refractivity contribution in [1.82, 2.24) is 0 Å². The average molecular weight is 331 g/mol. The number of hydrogen-bond acceptors (Lipinski definition) is 4. The van der Waals surface area contributed by atoms with Crippen LogP contribution in [0.3, 0.4) is 0 Å². The molecule has 1 N–H and O–H groups in total. The third-order valence-electron chi connectivity index (χ3n) is 4.75. The minimum absolute atomic E-state index is 0.0993. The van der Waals surface area contributed by atoms with Crippen molar-refractivity contribution in [3.63, 3.8) is 0 Å². The number of rotatable bonds is 6. The lowest BCUT2D eigenvalue weighted by atomic mass is 10.0. The van der Waals surface area contributed by atoms with Crippen LogP contribution in [0.15, 0.2) is 12.7 Å². The van der Waals surface area contributed by atoms with Crippen LogP contribution in [-0.4, -0.2) is 43.6 Å². The first-order valence-electron chi connectivity index (χ1n) is 8.18. The number of aliphatic hydroxyl groups excluding tert-OH is 1. The molecule has 1 heterocycles. The van der Waals surface area contributed by atoms with Gasteiger partial charge in [0.2, 0.25) is 0 Å². The van der Waals surface area contributed by atoms with E-state index >= 15 is 0 Å². The normalized spacial score (nSPS) is 28.4. The molecule has 0 aromatic carbocycles. The summed E-state index contributed by atoms with van der Waals surface area (Å²) in [5, 5.41) is 10.4. The molecule has 0 aliphatic carbocycles. The van der Waals surface area contributed by atoms with Gasteiger partial charge in [-0.25, -0.2) is 0 Å². The fourth-order valence-corrected chi connectivity index (χ4v) is 3.63. The monoisotopic (exact) mass is 330 g/mol. The van der Waals surface area contributed by atoms with Gasteiger partial charge in [-0.2, -0.15) is 0 Å². The van der Waals surface area contributed by atoms with Gasteiger partial charge >= 0.3 is 0 Å². The molecule has 0 bridgehead atoms. The van der Waals surface area contributed by atoms with Crippen molar-refractivity contribution < 1.29 is 19.0 Å². The highest BCUT2D eigenvalue weighted by Gasteiger charge is 2.49. The van der Waals surface area contributed by atoms with Crippen LogP contribution >= 0.6 is 0 Å². The highest BCUT2D eigenvalue weighted by atomic mass is 28.4. The summed E-state index contributed by atoms with van der Waals surface area (Å²) in [7, 11) is -1.97. The zero-order valence-electron chi connectivity index (χ0n) is 15.5. The van der Waals surface area contributed by atoms with E-state index in [0.717, 1.165) is 0 Å². The largest absolute Gasteiger partial charge is 0.408 e. The molecule has 1 aliphatic rings. The minimum Gasteiger partial charge on any atom is -0.408 e. The van der Waals surface area contributed by atoms with Gasteiger partial charge in [0.05, 0.1) is 12.2 Å². The SMILES string of the molecule is C=CC(O[Si](C)(C)C(C)(C)C)[C@@H]1OC(C)(C)O[C@@H]1C(O)CC. The molecular weight excluding hydrogens is 296 g/mol. The van der Waals surface area contributed by atoms with Crippen molar-refractivity contribution >= 4 is 8.32 Å². The maximum absolute atomic E-state index is 10.3. The van der Waals surface area contributed by atoms with Crippen LogP contribution < -0.4 is 0 Å². The second-order valence-corrected chi connectivity index (χ2v) is 12.9. The first kappa shape index (κ1) is 19.8. The predicted octanol–water partition coefficient (Wildman–Crippen LogP) is 3.85. The van der Waals surface area contributed by atoms with Crippen LogP contribution in [0.4, 0.5) is 0 Å². The zero-order chi connectivity index (χ0) is 17.3. The Labute approximate surface area is 137 Å². The summed E-state index contributed by atoms with van der Waals surface area (Å²) in [6, 6.07) is 0. The van der Waals surface area contributed by atoms with E-state index < -0.39 is 26.3 Å². The summed E-state index contributed by atoms with van der Waals surface area (Å²) in [5.41, 5.74) is 0. The van der Waals surface area contributed by atoms with Crippen molar-refractivity contribution in [2.45, 2.75) is 96.3 Å². The van der Waals surface area contributed by atoms with Crippen molar-refractivity contribution in [1.29, 1.82) is 0 Å². The van der Waals surface area contributed by atoms with Crippen molar-refractivity contribution in [3.8, 4) is 0 Å². The van der Waals surface area contributed by atoms with Gasteiger partial charge in [-0.1, -0.05) is 33.8 Å². The average Bonchev–Trinajstić information content (AvgIpc) is 2.69. The van der Waals surface area contributed by atoms with Crippen LogP contribution in [0.2, 0.25) is 18.1 Å². The third-order valence-corrected chi connectivity index (χ3v) is 9.23. The van der Waals surface area contributed by atoms with Crippen LogP contribution in [0.25, 0.3) is 0 Å². The summed E-state index contributed by atoms with van der Waals surface area (Å²) in [6.45, 7) is 20.6. The molecule has 4 atom stereocenters. The molecule has 2 unspecified atom stereocenters. The Balaban J connectivity index is 2.99. The van der Waals surface area contributed by atoms with E-state index in [1.54, 1.807) is 6.08 Å². The molecule has 4 nitrogen and oxygen atoms in total. The number of hydrogen-bond donors (Lipinski definition) is 1. The molecule has 0 amide bonds. The van der Waals surface area contributed by atoms with Crippen LogP contribution in [0.1, 0.15) is 48.0 Å². The van der Waals surface area contributed by atoms with E-state index in [9.17, 15) is 5.11 Å². The molecule has 1 saturated heterocycles. The first-order valence-corrected chi connectivity index (χ1v) is 11.1. The van der Waals surface area contributed by atoms with E-state index in [1.807, 2.05) is 20.8 Å². The van der Waals surface area contributed by atoms with Gasteiger partial charge in [-0.05, 0) is 38.4 Å². The highest BCUT2D eigenvalue weighted by Crippen LogP contribution is 2.40. The second-order valence-electron chi connectivity index (χ2n) is 8.12. The third kappa shape index (κ3) is 4.42. The standard InChI is InChI=1S/C17H34O4Si/c1-10-12(18)14-15(20-17(6,7)19-14)13(11-2)21-22(8,9)16(3,4)5/h11-15,18H,2,10H2,1,3-9H3/t12?,13?,14-,15+/m1/s1. The van der Waals surface area contributed by atoms with E-state index in [2.05, 4.69) is 40.4 Å². The molecule has 0 aromatic heterocycles. The van der Waals surface area contributed by atoms with E-state index in [4.69, 9.17) is 13.9 Å². The topological polar surface area (TPSA) is 47.9 Å². The Morgan fingerprint density at radius 2 is 1.77 bits per heavy atom. The molecule has 22 heavy (non-hydrogen) atoms. The fraction of sp³-hybridized carbons (Fsp3) is 0.882. The van der Waals surface area contributed by atoms with Gasteiger partial charge in [-0.3, -0.25) is 0 Å². The Morgan fingerprint density at radius 1 is 1.27 bits per heavy atom. The molecule has 0 spiro atoms. The summed E-state index contributed by atoms with van der Waals surface area (Å²) in [4.78, 5) is 0. The second kappa shape index (κ2) is 6.73. The van der Waals surface area contributed by atoms with Crippen molar-refractivity contribution in [2.75, 3.05) is 0 Å². The maximum atomic E-state index is 10.3. The molecule has 0 saturated carbocycles. The Kier molecular flexibility index (Phi) is 6.07. The van der Waals surface area contributed by atoms with E-state index in [-0.39, 0.29) is 17.2 Å². The number of aliphatic hydroxyl groups is 1. The van der Waals surface area contributed by atoms with Gasteiger partial charge in [0.1, 0.15) is 12.2 Å². The Morgan fingerprint density at radius 3 is 2.18 bits per heavy atom. The molecule has 1 fully saturated rings. The maximum Gasteiger partial charge on any atom is 0.193 e. The van der Waals surface area contributed by atoms with Gasteiger partial charge in [0, 0.05) is 0 Å². The van der Waals surface area contributed by atoms with Gasteiger partial charge in [0.15, 0.2) is 14.1 Å². The molecule has 5 heteroatoms. The lowest BCUT2D eigenvalue weighted by Crippen LogP contribution is -2.50. The van der Waals surface area contributed by atoms with Crippen molar-refractivity contribution in [2.24, 2.45) is 0 Å². The van der Waals surface area contributed by atoms with Crippen LogP contribution in [0, 0.1) is 0 Å². The first-order chi connectivity index (χ1) is 9.84. The Hall–Kier alpha value is -0.203. The molecule has 130 valence electrons. The fourth-order valence-electron chi connectivity index (χ4n) is 2.37. The minimum atomic E-state index is -1.97. The molecular formula is C17H34O4Si. The lowest BCUT2D eigenvalue weighted by molar-refractivity contribution is -0.158. The van der Waals surface area contributed by atoms with Crippen molar-refractivity contribution in [3.05, 3.63) is 12.7 Å². The zero-order valence-corrected chi connectivity index (χ0v) is 16.5. The molecule has 0 aromatic rings. The summed E-state index contributed by atoms with van der Waals surface area (Å²) >= 11 is 0. The van der Waals surface area contributed by atoms with Gasteiger partial charge < -0.3 is 19.0 Å². The smallest absolute Gasteiger partial charge is 0.193 e. The van der Waals surface area contributed by atoms with E-state index in [1.165, 1.54) is 0 Å². The summed E-state index contributed by atoms with van der Waals surface area (Å²) in [6.07, 6.45) is 0.811.